The quantitative estimate of drug-likeness (QED) is 0.0275. The van der Waals surface area contributed by atoms with Gasteiger partial charge in [-0.3, -0.25) is 0 Å². The fourth-order valence-electron chi connectivity index (χ4n) is 5.32. The van der Waals surface area contributed by atoms with E-state index < -0.39 is 36.4 Å². The minimum absolute atomic E-state index is 0.208. The van der Waals surface area contributed by atoms with E-state index >= 15 is 0 Å². The highest BCUT2D eigenvalue weighted by Crippen LogP contribution is 2.31. The van der Waals surface area contributed by atoms with Crippen LogP contribution in [0, 0.1) is 0 Å². The first-order chi connectivity index (χ1) is 24.6. The van der Waals surface area contributed by atoms with Crippen molar-refractivity contribution < 1.29 is 57.6 Å². The van der Waals surface area contributed by atoms with Gasteiger partial charge in [-0.15, -0.1) is 6.58 Å². The number of carbonyl (C=O) groups is 2. The molecule has 0 radical (unpaired) electrons. The summed E-state index contributed by atoms with van der Waals surface area (Å²) in [6, 6.07) is 14.5. The summed E-state index contributed by atoms with van der Waals surface area (Å²) in [5.74, 6) is 0.615. The highest BCUT2D eigenvalue weighted by molar-refractivity contribution is 5.89. The van der Waals surface area contributed by atoms with Gasteiger partial charge >= 0.3 is 11.9 Å². The van der Waals surface area contributed by atoms with Crippen LogP contribution in [0.2, 0.25) is 0 Å². The van der Waals surface area contributed by atoms with Gasteiger partial charge in [-0.2, -0.15) is 0 Å². The summed E-state index contributed by atoms with van der Waals surface area (Å²) in [4.78, 5) is 45.0. The van der Waals surface area contributed by atoms with E-state index in [1.807, 2.05) is 24.3 Å². The second-order valence-corrected chi connectivity index (χ2v) is 11.9. The van der Waals surface area contributed by atoms with Crippen LogP contribution in [-0.4, -0.2) is 82.6 Å². The number of carbonyl (C=O) groups excluding carboxylic acids is 2. The number of unbranched alkanes of at least 4 members (excludes halogenated alkanes) is 6. The average Bonchev–Trinajstić information content (AvgIpc) is 3.73. The first-order valence-corrected chi connectivity index (χ1v) is 17.4. The van der Waals surface area contributed by atoms with Gasteiger partial charge in [0.2, 0.25) is 0 Å². The maximum atomic E-state index is 12.8. The third-order valence-corrected chi connectivity index (χ3v) is 8.03. The van der Waals surface area contributed by atoms with Gasteiger partial charge in [0, 0.05) is 6.08 Å². The Morgan fingerprint density at radius 3 is 1.90 bits per heavy atom. The van der Waals surface area contributed by atoms with Crippen LogP contribution in [0.5, 0.6) is 11.5 Å². The molecule has 3 unspecified atom stereocenters. The molecule has 2 saturated heterocycles. The van der Waals surface area contributed by atoms with Gasteiger partial charge in [0.25, 0.3) is 0 Å². The molecular formula is C38H50O12. The molecule has 274 valence electrons. The van der Waals surface area contributed by atoms with Crippen LogP contribution in [0.3, 0.4) is 0 Å². The second-order valence-electron chi connectivity index (χ2n) is 11.9. The topological polar surface area (TPSA) is 126 Å². The Balaban J connectivity index is 1.05. The smallest absolute Gasteiger partial charge is 0.338 e. The van der Waals surface area contributed by atoms with E-state index in [0.29, 0.717) is 44.3 Å². The number of rotatable bonds is 26. The first-order valence-electron chi connectivity index (χ1n) is 17.4. The Hall–Kier alpha value is -3.78. The predicted molar refractivity (Wildman–Crippen MR) is 182 cm³/mol. The van der Waals surface area contributed by atoms with Gasteiger partial charge in [0.05, 0.1) is 45.2 Å². The van der Waals surface area contributed by atoms with Crippen molar-refractivity contribution in [2.75, 3.05) is 46.2 Å². The highest BCUT2D eigenvalue weighted by atomic mass is 17.2. The van der Waals surface area contributed by atoms with E-state index in [0.717, 1.165) is 68.8 Å². The Morgan fingerprint density at radius 2 is 1.26 bits per heavy atom. The molecule has 2 fully saturated rings. The van der Waals surface area contributed by atoms with Crippen LogP contribution in [0.25, 0.3) is 0 Å². The van der Waals surface area contributed by atoms with E-state index in [1.54, 1.807) is 30.3 Å². The summed E-state index contributed by atoms with van der Waals surface area (Å²) in [7, 11) is 0. The van der Waals surface area contributed by atoms with Gasteiger partial charge < -0.3 is 28.4 Å². The second kappa shape index (κ2) is 22.8. The van der Waals surface area contributed by atoms with E-state index in [4.69, 9.17) is 48.0 Å². The molecule has 0 saturated carbocycles. The maximum Gasteiger partial charge on any atom is 0.338 e. The number of esters is 2. The minimum atomic E-state index is -0.555. The molecule has 4 rings (SSSR count). The van der Waals surface area contributed by atoms with Crippen molar-refractivity contribution in [2.45, 2.75) is 82.4 Å². The maximum absolute atomic E-state index is 12.8. The molecule has 50 heavy (non-hydrogen) atoms. The Kier molecular flexibility index (Phi) is 17.8. The Morgan fingerprint density at radius 1 is 0.680 bits per heavy atom. The summed E-state index contributed by atoms with van der Waals surface area (Å²) >= 11 is 0. The van der Waals surface area contributed by atoms with Crippen molar-refractivity contribution >= 4 is 11.9 Å². The SMILES string of the molecule is C=CCOOCCCCCCOc1ccc(COO[C@@H]2COC3C(OC(=O)c4ccc(OCCCCCCOC(=O)C=C)cc4)COC32)cc1. The molecule has 0 amide bonds. The van der Waals surface area contributed by atoms with E-state index in [2.05, 4.69) is 13.2 Å². The third kappa shape index (κ3) is 13.9. The Bertz CT molecular complexity index is 1280. The average molecular weight is 699 g/mol. The zero-order valence-corrected chi connectivity index (χ0v) is 28.7. The highest BCUT2D eigenvalue weighted by Gasteiger charge is 2.50. The van der Waals surface area contributed by atoms with E-state index in [1.165, 1.54) is 0 Å². The standard InChI is InChI=1S/C38H50O12/c1-3-21-46-47-25-12-8-7-10-22-41-31-17-13-29(14-18-31)26-48-50-34-28-45-36-33(27-44-37(34)36)49-38(40)30-15-19-32(20-16-30)42-23-9-5-6-11-24-43-35(39)4-2/h3-4,13-20,33-34,36-37H,1-2,5-12,21-28H2/t33?,34-,36?,37?/m1/s1. The van der Waals surface area contributed by atoms with Crippen molar-refractivity contribution in [1.29, 1.82) is 0 Å². The monoisotopic (exact) mass is 698 g/mol. The van der Waals surface area contributed by atoms with E-state index in [-0.39, 0.29) is 19.8 Å². The fraction of sp³-hybridized carbons (Fsp3) is 0.526. The number of hydrogen-bond acceptors (Lipinski definition) is 12. The van der Waals surface area contributed by atoms with Crippen molar-refractivity contribution in [2.24, 2.45) is 0 Å². The predicted octanol–water partition coefficient (Wildman–Crippen LogP) is 6.27. The normalized spacial score (nSPS) is 19.4. The lowest BCUT2D eigenvalue weighted by Crippen LogP contribution is -2.35. The molecule has 2 aliphatic heterocycles. The molecule has 12 heteroatoms. The van der Waals surface area contributed by atoms with Gasteiger partial charge in [-0.1, -0.05) is 31.2 Å². The summed E-state index contributed by atoms with van der Waals surface area (Å²) in [6.07, 6.45) is 8.56. The fourth-order valence-corrected chi connectivity index (χ4v) is 5.32. The lowest BCUT2D eigenvalue weighted by atomic mass is 10.1. The molecule has 2 aromatic carbocycles. The lowest BCUT2D eigenvalue weighted by molar-refractivity contribution is -0.341. The van der Waals surface area contributed by atoms with Crippen molar-refractivity contribution in [3.63, 3.8) is 0 Å². The van der Waals surface area contributed by atoms with Crippen molar-refractivity contribution in [3.8, 4) is 11.5 Å². The molecule has 12 nitrogen and oxygen atoms in total. The molecular weight excluding hydrogens is 648 g/mol. The van der Waals surface area contributed by atoms with Crippen molar-refractivity contribution in [3.05, 3.63) is 85.0 Å². The third-order valence-electron chi connectivity index (χ3n) is 8.03. The molecule has 2 aliphatic rings. The number of hydrogen-bond donors (Lipinski definition) is 0. The lowest BCUT2D eigenvalue weighted by Gasteiger charge is -2.17. The van der Waals surface area contributed by atoms with E-state index in [9.17, 15) is 9.59 Å². The summed E-state index contributed by atoms with van der Waals surface area (Å²) in [6.45, 7) is 10.2. The number of ether oxygens (including phenoxy) is 6. The first kappa shape index (κ1) is 39.0. The van der Waals surface area contributed by atoms with Crippen LogP contribution in [0.15, 0.2) is 73.8 Å². The largest absolute Gasteiger partial charge is 0.494 e. The van der Waals surface area contributed by atoms with Crippen LogP contribution in [0.4, 0.5) is 0 Å². The number of fused-ring (bicyclic) bond motifs is 1. The van der Waals surface area contributed by atoms with Crippen LogP contribution in [-0.2, 0) is 49.9 Å². The van der Waals surface area contributed by atoms with Gasteiger partial charge in [-0.25, -0.2) is 29.1 Å². The zero-order chi connectivity index (χ0) is 35.2. The molecule has 2 aromatic rings. The molecule has 4 atom stereocenters. The van der Waals surface area contributed by atoms with Crippen LogP contribution in [0.1, 0.15) is 67.3 Å². The molecule has 0 bridgehead atoms. The van der Waals surface area contributed by atoms with Gasteiger partial charge in [0.15, 0.2) is 6.10 Å². The van der Waals surface area contributed by atoms with Gasteiger partial charge in [0.1, 0.15) is 43.0 Å². The molecule has 0 aliphatic carbocycles. The zero-order valence-electron chi connectivity index (χ0n) is 28.7. The van der Waals surface area contributed by atoms with Crippen molar-refractivity contribution in [1.82, 2.24) is 0 Å². The molecule has 0 spiro atoms. The van der Waals surface area contributed by atoms with Crippen LogP contribution < -0.4 is 9.47 Å². The summed E-state index contributed by atoms with van der Waals surface area (Å²) in [5.41, 5.74) is 1.34. The summed E-state index contributed by atoms with van der Waals surface area (Å²) < 4.78 is 34.1. The summed E-state index contributed by atoms with van der Waals surface area (Å²) in [5, 5.41) is 0. The molecule has 0 aromatic heterocycles. The van der Waals surface area contributed by atoms with Crippen LogP contribution >= 0.6 is 0 Å². The minimum Gasteiger partial charge on any atom is -0.494 e. The molecule has 2 heterocycles. The number of benzene rings is 2. The van der Waals surface area contributed by atoms with Gasteiger partial charge in [-0.05, 0) is 86.9 Å². The molecule has 0 N–H and O–H groups in total. The Labute approximate surface area is 294 Å².